The van der Waals surface area contributed by atoms with Gasteiger partial charge in [-0.1, -0.05) is 12.1 Å². The summed E-state index contributed by atoms with van der Waals surface area (Å²) in [5, 5.41) is 8.68. The van der Waals surface area contributed by atoms with Crippen molar-refractivity contribution in [2.24, 2.45) is 0 Å². The molecule has 0 radical (unpaired) electrons. The number of anilines is 3. The normalized spacial score (nSPS) is 15.5. The lowest BCUT2D eigenvalue weighted by atomic mass is 10.1. The minimum atomic E-state index is -3.75. The van der Waals surface area contributed by atoms with Crippen LogP contribution in [0.15, 0.2) is 59.5 Å². The van der Waals surface area contributed by atoms with Gasteiger partial charge in [-0.05, 0) is 67.3 Å². The Balaban J connectivity index is 1.30. The van der Waals surface area contributed by atoms with Crippen LogP contribution < -0.4 is 14.5 Å². The summed E-state index contributed by atoms with van der Waals surface area (Å²) in [7, 11) is -3.75. The van der Waals surface area contributed by atoms with Gasteiger partial charge in [0.2, 0.25) is 5.91 Å². The van der Waals surface area contributed by atoms with Crippen molar-refractivity contribution in [2.45, 2.75) is 31.1 Å². The van der Waals surface area contributed by atoms with Crippen LogP contribution in [0.1, 0.15) is 25.3 Å². The lowest BCUT2D eigenvalue weighted by molar-refractivity contribution is -0.116. The van der Waals surface area contributed by atoms with E-state index in [1.807, 2.05) is 24.3 Å². The molecule has 170 valence electrons. The molecule has 33 heavy (non-hydrogen) atoms. The standard InChI is InChI=1S/C24H25N5O3S/c1-17(30)29-15-12-19-16-21(8-10-23(19)29)33(31,32)27-20-6-4-18(5-7-20)22-9-11-24(26-25-22)28-13-2-3-14-28/h4-11,16,27H,2-3,12-15H2,1H3. The highest BCUT2D eigenvalue weighted by Gasteiger charge is 2.25. The average Bonchev–Trinajstić information content (AvgIpc) is 3.49. The number of hydrogen-bond acceptors (Lipinski definition) is 6. The number of sulfonamides is 1. The van der Waals surface area contributed by atoms with E-state index in [2.05, 4.69) is 19.8 Å². The van der Waals surface area contributed by atoms with Gasteiger partial charge >= 0.3 is 0 Å². The molecule has 1 saturated heterocycles. The number of carbonyl (C=O) groups excluding carboxylic acids is 1. The Hall–Kier alpha value is -3.46. The average molecular weight is 464 g/mol. The molecule has 3 aromatic rings. The van der Waals surface area contributed by atoms with E-state index in [0.29, 0.717) is 18.7 Å². The van der Waals surface area contributed by atoms with Crippen molar-refractivity contribution in [1.29, 1.82) is 0 Å². The van der Waals surface area contributed by atoms with Gasteiger partial charge in [0.05, 0.1) is 10.6 Å². The number of carbonyl (C=O) groups is 1. The van der Waals surface area contributed by atoms with Crippen molar-refractivity contribution in [3.63, 3.8) is 0 Å². The van der Waals surface area contributed by atoms with E-state index in [0.717, 1.165) is 41.4 Å². The molecule has 0 aliphatic carbocycles. The van der Waals surface area contributed by atoms with E-state index in [9.17, 15) is 13.2 Å². The van der Waals surface area contributed by atoms with Crippen molar-refractivity contribution >= 4 is 33.1 Å². The van der Waals surface area contributed by atoms with E-state index in [4.69, 9.17) is 0 Å². The van der Waals surface area contributed by atoms with E-state index in [1.54, 1.807) is 29.2 Å². The minimum absolute atomic E-state index is 0.0436. The molecule has 2 aliphatic rings. The van der Waals surface area contributed by atoms with Gasteiger partial charge < -0.3 is 9.80 Å². The van der Waals surface area contributed by atoms with Crippen LogP contribution in [0.3, 0.4) is 0 Å². The molecule has 0 saturated carbocycles. The maximum Gasteiger partial charge on any atom is 0.261 e. The predicted molar refractivity (Wildman–Crippen MR) is 128 cm³/mol. The van der Waals surface area contributed by atoms with Gasteiger partial charge in [-0.25, -0.2) is 8.42 Å². The number of hydrogen-bond donors (Lipinski definition) is 1. The Morgan fingerprint density at radius 1 is 0.939 bits per heavy atom. The number of amides is 1. The highest BCUT2D eigenvalue weighted by Crippen LogP contribution is 2.31. The summed E-state index contributed by atoms with van der Waals surface area (Å²) >= 11 is 0. The monoisotopic (exact) mass is 463 g/mol. The van der Waals surface area contributed by atoms with Crippen LogP contribution in [0.5, 0.6) is 0 Å². The van der Waals surface area contributed by atoms with Gasteiger partial charge in [-0.2, -0.15) is 0 Å². The van der Waals surface area contributed by atoms with Crippen molar-refractivity contribution in [3.05, 3.63) is 60.2 Å². The molecule has 9 heteroatoms. The lowest BCUT2D eigenvalue weighted by Crippen LogP contribution is -2.25. The third-order valence-corrected chi connectivity index (χ3v) is 7.53. The SMILES string of the molecule is CC(=O)N1CCc2cc(S(=O)(=O)Nc3ccc(-c4ccc(N5CCCC5)nn4)cc3)ccc21. The molecule has 0 unspecified atom stereocenters. The van der Waals surface area contributed by atoms with Gasteiger partial charge in [0.25, 0.3) is 10.0 Å². The molecular formula is C24H25N5O3S. The molecule has 2 aliphatic heterocycles. The molecule has 0 atom stereocenters. The van der Waals surface area contributed by atoms with Crippen LogP contribution in [-0.2, 0) is 21.2 Å². The Bertz CT molecular complexity index is 1280. The van der Waals surface area contributed by atoms with Crippen molar-refractivity contribution < 1.29 is 13.2 Å². The molecule has 2 aromatic carbocycles. The molecule has 5 rings (SSSR count). The predicted octanol–water partition coefficient (Wildman–Crippen LogP) is 3.45. The molecule has 1 amide bonds. The molecule has 1 N–H and O–H groups in total. The summed E-state index contributed by atoms with van der Waals surface area (Å²) < 4.78 is 28.5. The zero-order valence-electron chi connectivity index (χ0n) is 18.4. The van der Waals surface area contributed by atoms with Crippen molar-refractivity contribution in [3.8, 4) is 11.3 Å². The van der Waals surface area contributed by atoms with Crippen LogP contribution in [0, 0.1) is 0 Å². The summed E-state index contributed by atoms with van der Waals surface area (Å²) in [5.41, 5.74) is 3.70. The third-order valence-electron chi connectivity index (χ3n) is 6.15. The zero-order chi connectivity index (χ0) is 23.0. The first-order valence-electron chi connectivity index (χ1n) is 11.0. The van der Waals surface area contributed by atoms with E-state index in [1.165, 1.54) is 25.8 Å². The highest BCUT2D eigenvalue weighted by atomic mass is 32.2. The summed E-state index contributed by atoms with van der Waals surface area (Å²) in [5.74, 6) is 0.847. The van der Waals surface area contributed by atoms with Crippen molar-refractivity contribution in [2.75, 3.05) is 34.2 Å². The second-order valence-electron chi connectivity index (χ2n) is 8.36. The fourth-order valence-corrected chi connectivity index (χ4v) is 5.50. The van der Waals surface area contributed by atoms with Crippen LogP contribution in [-0.4, -0.2) is 44.2 Å². The zero-order valence-corrected chi connectivity index (χ0v) is 19.2. The number of nitrogens with zero attached hydrogens (tertiary/aromatic N) is 4. The fourth-order valence-electron chi connectivity index (χ4n) is 4.39. The molecule has 1 aromatic heterocycles. The largest absolute Gasteiger partial charge is 0.355 e. The topological polar surface area (TPSA) is 95.5 Å². The molecule has 0 bridgehead atoms. The van der Waals surface area contributed by atoms with E-state index in [-0.39, 0.29) is 10.8 Å². The van der Waals surface area contributed by atoms with Gasteiger partial charge in [0.15, 0.2) is 5.82 Å². The first-order chi connectivity index (χ1) is 15.9. The summed E-state index contributed by atoms with van der Waals surface area (Å²) in [4.78, 5) is 15.8. The van der Waals surface area contributed by atoms with Crippen LogP contribution >= 0.6 is 0 Å². The molecule has 3 heterocycles. The Labute approximate surface area is 193 Å². The number of rotatable bonds is 5. The Morgan fingerprint density at radius 3 is 2.36 bits per heavy atom. The van der Waals surface area contributed by atoms with E-state index >= 15 is 0 Å². The molecule has 0 spiro atoms. The van der Waals surface area contributed by atoms with Gasteiger partial charge in [0.1, 0.15) is 0 Å². The fraction of sp³-hybridized carbons (Fsp3) is 0.292. The minimum Gasteiger partial charge on any atom is -0.355 e. The number of fused-ring (bicyclic) bond motifs is 1. The van der Waals surface area contributed by atoms with E-state index < -0.39 is 10.0 Å². The molecular weight excluding hydrogens is 438 g/mol. The third kappa shape index (κ3) is 4.28. The maximum atomic E-state index is 12.9. The maximum absolute atomic E-state index is 12.9. The second kappa shape index (κ2) is 8.47. The lowest BCUT2D eigenvalue weighted by Gasteiger charge is -2.15. The van der Waals surface area contributed by atoms with Gasteiger partial charge in [-0.3, -0.25) is 9.52 Å². The van der Waals surface area contributed by atoms with Crippen molar-refractivity contribution in [1.82, 2.24) is 10.2 Å². The number of nitrogens with one attached hydrogen (secondary N) is 1. The Morgan fingerprint density at radius 2 is 1.70 bits per heavy atom. The number of benzene rings is 2. The smallest absolute Gasteiger partial charge is 0.261 e. The Kier molecular flexibility index (Phi) is 5.49. The van der Waals surface area contributed by atoms with Gasteiger partial charge in [0, 0.05) is 43.5 Å². The number of aromatic nitrogens is 2. The molecule has 1 fully saturated rings. The second-order valence-corrected chi connectivity index (χ2v) is 10.0. The summed E-state index contributed by atoms with van der Waals surface area (Å²) in [6.07, 6.45) is 3.01. The van der Waals surface area contributed by atoms with Crippen LogP contribution in [0.2, 0.25) is 0 Å². The van der Waals surface area contributed by atoms with Crippen LogP contribution in [0.4, 0.5) is 17.2 Å². The quantitative estimate of drug-likeness (QED) is 0.623. The van der Waals surface area contributed by atoms with Crippen LogP contribution in [0.25, 0.3) is 11.3 Å². The summed E-state index contributed by atoms with van der Waals surface area (Å²) in [6.45, 7) is 4.12. The molecule has 8 nitrogen and oxygen atoms in total. The summed E-state index contributed by atoms with van der Waals surface area (Å²) in [6, 6.07) is 15.9. The first kappa shape index (κ1) is 21.4. The van der Waals surface area contributed by atoms with Gasteiger partial charge in [-0.15, -0.1) is 10.2 Å². The highest BCUT2D eigenvalue weighted by molar-refractivity contribution is 7.92. The first-order valence-corrected chi connectivity index (χ1v) is 12.5.